The molecule has 0 aliphatic carbocycles. The minimum absolute atomic E-state index is 0.0940. The smallest absolute Gasteiger partial charge is 0.223 e. The fraction of sp³-hybridized carbons (Fsp3) is 0.533. The molecule has 1 saturated heterocycles. The van der Waals surface area contributed by atoms with Crippen molar-refractivity contribution in [2.75, 3.05) is 20.8 Å². The highest BCUT2D eigenvalue weighted by atomic mass is 16.7. The summed E-state index contributed by atoms with van der Waals surface area (Å²) in [5.74, 6) is -2.49. The number of hydrogen-bond acceptors (Lipinski definition) is 3. The van der Waals surface area contributed by atoms with E-state index in [1.165, 1.54) is 14.2 Å². The topological polar surface area (TPSA) is 38.8 Å². The first-order valence-corrected chi connectivity index (χ1v) is 6.24. The molecule has 0 bridgehead atoms. The van der Waals surface area contributed by atoms with Crippen LogP contribution in [-0.4, -0.2) is 37.4 Å². The van der Waals surface area contributed by atoms with Gasteiger partial charge in [0, 0.05) is 37.2 Å². The van der Waals surface area contributed by atoms with Crippen LogP contribution in [0.15, 0.2) is 30.3 Å². The molecule has 1 amide bonds. The molecule has 1 atom stereocenters. The Bertz CT molecular complexity index is 515. The van der Waals surface area contributed by atoms with E-state index in [9.17, 15) is 4.79 Å². The lowest BCUT2D eigenvalue weighted by Gasteiger charge is -2.44. The summed E-state index contributed by atoms with van der Waals surface area (Å²) in [5, 5.41) is 0. The number of amides is 1. The van der Waals surface area contributed by atoms with Crippen LogP contribution in [0, 0.1) is 5.92 Å². The van der Waals surface area contributed by atoms with Gasteiger partial charge in [-0.2, -0.15) is 0 Å². The maximum atomic E-state index is 12.3. The van der Waals surface area contributed by atoms with Crippen molar-refractivity contribution in [3.05, 3.63) is 35.9 Å². The predicted octanol–water partition coefficient (Wildman–Crippen LogP) is 2.04. The molecule has 0 N–H and O–H groups in total. The van der Waals surface area contributed by atoms with Crippen LogP contribution in [0.25, 0.3) is 0 Å². The molecule has 0 spiro atoms. The van der Waals surface area contributed by atoms with Gasteiger partial charge >= 0.3 is 0 Å². The van der Waals surface area contributed by atoms with Gasteiger partial charge in [-0.05, 0) is 5.56 Å². The normalized spacial score (nSPS) is 25.6. The third kappa shape index (κ3) is 2.80. The van der Waals surface area contributed by atoms with Gasteiger partial charge in [0.1, 0.15) is 0 Å². The van der Waals surface area contributed by atoms with Crippen LogP contribution < -0.4 is 0 Å². The van der Waals surface area contributed by atoms with Gasteiger partial charge in [-0.15, -0.1) is 0 Å². The summed E-state index contributed by atoms with van der Waals surface area (Å²) >= 11 is 0. The Balaban J connectivity index is 2.25. The minimum Gasteiger partial charge on any atom is -0.351 e. The van der Waals surface area contributed by atoms with Crippen LogP contribution in [-0.2, 0) is 20.8 Å². The van der Waals surface area contributed by atoms with E-state index in [1.807, 2.05) is 30.3 Å². The highest BCUT2D eigenvalue weighted by Gasteiger charge is 2.44. The molecule has 0 saturated carbocycles. The summed E-state index contributed by atoms with van der Waals surface area (Å²) in [6.07, 6.45) is -0.120. The van der Waals surface area contributed by atoms with Gasteiger partial charge in [0.15, 0.2) is 5.79 Å². The lowest BCUT2D eigenvalue weighted by atomic mass is 9.91. The van der Waals surface area contributed by atoms with Crippen molar-refractivity contribution in [1.82, 2.24) is 4.90 Å². The Kier molecular flexibility index (Phi) is 3.13. The number of benzene rings is 1. The van der Waals surface area contributed by atoms with E-state index in [4.69, 9.17) is 13.6 Å². The summed E-state index contributed by atoms with van der Waals surface area (Å²) in [6.45, 7) is -1.82. The molecular formula is C15H21NO3. The number of carbonyl (C=O) groups is 1. The molecular weight excluding hydrogens is 242 g/mol. The summed E-state index contributed by atoms with van der Waals surface area (Å²) in [5.41, 5.74) is 0.976. The average Bonchev–Trinajstić information content (AvgIpc) is 2.49. The molecule has 1 aliphatic rings. The van der Waals surface area contributed by atoms with Crippen molar-refractivity contribution in [3.8, 4) is 0 Å². The Labute approximate surface area is 118 Å². The third-order valence-electron chi connectivity index (χ3n) is 3.58. The summed E-state index contributed by atoms with van der Waals surface area (Å²) in [6, 6.07) is 9.54. The maximum Gasteiger partial charge on any atom is 0.223 e. The molecule has 4 heteroatoms. The van der Waals surface area contributed by atoms with Crippen LogP contribution in [0.2, 0.25) is 0 Å². The monoisotopic (exact) mass is 266 g/mol. The second-order valence-electron chi connectivity index (χ2n) is 4.71. The van der Waals surface area contributed by atoms with Gasteiger partial charge in [0.2, 0.25) is 5.91 Å². The first-order valence-electron chi connectivity index (χ1n) is 7.74. The van der Waals surface area contributed by atoms with Crippen molar-refractivity contribution >= 4 is 5.91 Å². The van der Waals surface area contributed by atoms with Gasteiger partial charge in [-0.3, -0.25) is 4.79 Å². The quantitative estimate of drug-likeness (QED) is 0.783. The zero-order valence-electron chi connectivity index (χ0n) is 14.3. The number of likely N-dealkylation sites (tertiary alicyclic amines) is 1. The minimum atomic E-state index is -2.32. The van der Waals surface area contributed by atoms with Gasteiger partial charge in [0.25, 0.3) is 0 Å². The summed E-state index contributed by atoms with van der Waals surface area (Å²) in [4.78, 5) is 13.9. The van der Waals surface area contributed by atoms with Crippen LogP contribution >= 0.6 is 0 Å². The number of nitrogens with zero attached hydrogens (tertiary/aromatic N) is 1. The molecule has 2 rings (SSSR count). The van der Waals surface area contributed by atoms with E-state index < -0.39 is 18.6 Å². The van der Waals surface area contributed by atoms with Gasteiger partial charge in [0.05, 0.1) is 6.54 Å². The number of rotatable bonds is 4. The Morgan fingerprint density at radius 1 is 1.37 bits per heavy atom. The third-order valence-corrected chi connectivity index (χ3v) is 3.58. The molecule has 104 valence electrons. The van der Waals surface area contributed by atoms with E-state index in [0.717, 1.165) is 5.56 Å². The molecule has 1 aromatic carbocycles. The average molecular weight is 266 g/mol. The van der Waals surface area contributed by atoms with E-state index >= 15 is 0 Å². The highest BCUT2D eigenvalue weighted by molar-refractivity contribution is 5.77. The van der Waals surface area contributed by atoms with Crippen LogP contribution in [0.5, 0.6) is 0 Å². The van der Waals surface area contributed by atoms with Crippen molar-refractivity contribution in [3.63, 3.8) is 0 Å². The lowest BCUT2D eigenvalue weighted by molar-refractivity contribution is -0.256. The SMILES string of the molecule is [2H]C([2H])([2H])C1CC(=O)N(Cc2ccccc2)CC1(OC)OC. The van der Waals surface area contributed by atoms with Gasteiger partial charge in [-0.25, -0.2) is 0 Å². The number of piperidine rings is 1. The molecule has 4 nitrogen and oxygen atoms in total. The summed E-state index contributed by atoms with van der Waals surface area (Å²) < 4.78 is 33.8. The Morgan fingerprint density at radius 3 is 2.63 bits per heavy atom. The molecule has 1 aliphatic heterocycles. The zero-order valence-corrected chi connectivity index (χ0v) is 11.3. The van der Waals surface area contributed by atoms with E-state index in [1.54, 1.807) is 4.90 Å². The number of methoxy groups -OCH3 is 2. The van der Waals surface area contributed by atoms with Crippen molar-refractivity contribution in [1.29, 1.82) is 0 Å². The first kappa shape index (κ1) is 10.4. The molecule has 1 fully saturated rings. The second kappa shape index (κ2) is 5.72. The van der Waals surface area contributed by atoms with Crippen molar-refractivity contribution < 1.29 is 18.4 Å². The molecule has 1 unspecified atom stereocenters. The van der Waals surface area contributed by atoms with E-state index in [0.29, 0.717) is 6.54 Å². The number of ether oxygens (including phenoxy) is 2. The first-order chi connectivity index (χ1) is 10.3. The van der Waals surface area contributed by atoms with E-state index in [-0.39, 0.29) is 18.9 Å². The van der Waals surface area contributed by atoms with Crippen molar-refractivity contribution in [2.45, 2.75) is 25.6 Å². The molecule has 0 radical (unpaired) electrons. The fourth-order valence-corrected chi connectivity index (χ4v) is 2.37. The van der Waals surface area contributed by atoms with Crippen LogP contribution in [0.4, 0.5) is 0 Å². The zero-order chi connectivity index (χ0) is 16.4. The van der Waals surface area contributed by atoms with Crippen LogP contribution in [0.3, 0.4) is 0 Å². The largest absolute Gasteiger partial charge is 0.351 e. The Hall–Kier alpha value is -1.39. The number of hydrogen-bond donors (Lipinski definition) is 0. The standard InChI is InChI=1S/C15H21NO3/c1-12-9-14(17)16(11-15(12,18-2)19-3)10-13-7-5-4-6-8-13/h4-8,12H,9-11H2,1-3H3/i1D3. The van der Waals surface area contributed by atoms with Crippen molar-refractivity contribution in [2.24, 2.45) is 5.92 Å². The molecule has 1 aromatic rings. The molecule has 1 heterocycles. The Morgan fingerprint density at radius 2 is 2.05 bits per heavy atom. The van der Waals surface area contributed by atoms with E-state index in [2.05, 4.69) is 0 Å². The highest BCUT2D eigenvalue weighted by Crippen LogP contribution is 2.32. The van der Waals surface area contributed by atoms with Gasteiger partial charge in [-0.1, -0.05) is 37.2 Å². The molecule has 0 aromatic heterocycles. The van der Waals surface area contributed by atoms with Gasteiger partial charge < -0.3 is 14.4 Å². The molecule has 19 heavy (non-hydrogen) atoms. The lowest BCUT2D eigenvalue weighted by Crippen LogP contribution is -2.57. The maximum absolute atomic E-state index is 12.3. The fourth-order valence-electron chi connectivity index (χ4n) is 2.37. The number of carbonyl (C=O) groups excluding carboxylic acids is 1. The predicted molar refractivity (Wildman–Crippen MR) is 72.4 cm³/mol. The second-order valence-corrected chi connectivity index (χ2v) is 4.71. The van der Waals surface area contributed by atoms with Crippen LogP contribution in [0.1, 0.15) is 22.9 Å². The summed E-state index contributed by atoms with van der Waals surface area (Å²) in [7, 11) is 2.83.